The van der Waals surface area contributed by atoms with Crippen molar-refractivity contribution in [1.82, 2.24) is 9.97 Å². The van der Waals surface area contributed by atoms with Gasteiger partial charge in [-0.25, -0.2) is 4.98 Å². The quantitative estimate of drug-likeness (QED) is 0.519. The van der Waals surface area contributed by atoms with Crippen molar-refractivity contribution in [2.24, 2.45) is 0 Å². The zero-order valence-corrected chi connectivity index (χ0v) is 8.28. The molecule has 4 heteroatoms. The Morgan fingerprint density at radius 2 is 2.07 bits per heavy atom. The SMILES string of the molecule is Bc1cnc(O)c2c1[nH]c1ccccc12. The van der Waals surface area contributed by atoms with Crippen molar-refractivity contribution < 1.29 is 5.11 Å². The van der Waals surface area contributed by atoms with Crippen LogP contribution in [0.25, 0.3) is 21.8 Å². The van der Waals surface area contributed by atoms with Crippen LogP contribution in [0.15, 0.2) is 30.5 Å². The minimum atomic E-state index is 0.0908. The van der Waals surface area contributed by atoms with Crippen LogP contribution in [0, 0.1) is 0 Å². The lowest BCUT2D eigenvalue weighted by molar-refractivity contribution is 0.461. The van der Waals surface area contributed by atoms with Crippen LogP contribution in [-0.2, 0) is 0 Å². The molecule has 0 aliphatic rings. The number of aromatic amines is 1. The van der Waals surface area contributed by atoms with Crippen molar-refractivity contribution in [3.05, 3.63) is 30.5 Å². The summed E-state index contributed by atoms with van der Waals surface area (Å²) in [4.78, 5) is 7.25. The zero-order valence-electron chi connectivity index (χ0n) is 8.28. The van der Waals surface area contributed by atoms with E-state index < -0.39 is 0 Å². The molecule has 0 unspecified atom stereocenters. The van der Waals surface area contributed by atoms with Crippen molar-refractivity contribution >= 4 is 35.1 Å². The predicted octanol–water partition coefficient (Wildman–Crippen LogP) is 0.680. The maximum Gasteiger partial charge on any atom is 0.221 e. The molecule has 2 N–H and O–H groups in total. The number of hydrogen-bond donors (Lipinski definition) is 2. The Labute approximate surface area is 87.2 Å². The normalized spacial score (nSPS) is 11.2. The van der Waals surface area contributed by atoms with E-state index in [-0.39, 0.29) is 5.88 Å². The Balaban J connectivity index is 2.66. The molecule has 3 rings (SSSR count). The van der Waals surface area contributed by atoms with Crippen LogP contribution in [0.5, 0.6) is 5.88 Å². The first kappa shape index (κ1) is 8.35. The van der Waals surface area contributed by atoms with Gasteiger partial charge in [-0.3, -0.25) is 0 Å². The summed E-state index contributed by atoms with van der Waals surface area (Å²) < 4.78 is 0. The summed E-state index contributed by atoms with van der Waals surface area (Å²) in [5.74, 6) is 0.0908. The summed E-state index contributed by atoms with van der Waals surface area (Å²) in [7, 11) is 1.98. The summed E-state index contributed by atoms with van der Waals surface area (Å²) in [6, 6.07) is 7.90. The fourth-order valence-electron chi connectivity index (χ4n) is 1.96. The number of fused-ring (bicyclic) bond motifs is 3. The first-order valence-corrected chi connectivity index (χ1v) is 4.82. The molecule has 0 atom stereocenters. The fourth-order valence-corrected chi connectivity index (χ4v) is 1.96. The third-order valence-corrected chi connectivity index (χ3v) is 2.70. The van der Waals surface area contributed by atoms with Gasteiger partial charge in [-0.2, -0.15) is 0 Å². The first-order valence-electron chi connectivity index (χ1n) is 4.82. The Morgan fingerprint density at radius 1 is 1.27 bits per heavy atom. The molecule has 0 saturated heterocycles. The molecule has 1 aromatic carbocycles. The van der Waals surface area contributed by atoms with Gasteiger partial charge in [-0.15, -0.1) is 0 Å². The van der Waals surface area contributed by atoms with Gasteiger partial charge in [0.25, 0.3) is 0 Å². The van der Waals surface area contributed by atoms with Crippen LogP contribution in [0.2, 0.25) is 0 Å². The third-order valence-electron chi connectivity index (χ3n) is 2.70. The van der Waals surface area contributed by atoms with E-state index in [1.807, 2.05) is 32.1 Å². The fraction of sp³-hybridized carbons (Fsp3) is 0. The van der Waals surface area contributed by atoms with E-state index in [1.165, 1.54) is 0 Å². The highest BCUT2D eigenvalue weighted by molar-refractivity contribution is 6.39. The lowest BCUT2D eigenvalue weighted by Crippen LogP contribution is -2.04. The molecule has 0 aliphatic carbocycles. The second-order valence-electron chi connectivity index (χ2n) is 3.69. The van der Waals surface area contributed by atoms with Gasteiger partial charge in [0.15, 0.2) is 0 Å². The molecule has 0 aliphatic heterocycles. The van der Waals surface area contributed by atoms with E-state index in [9.17, 15) is 5.11 Å². The number of nitrogens with one attached hydrogen (secondary N) is 1. The van der Waals surface area contributed by atoms with Gasteiger partial charge in [0.1, 0.15) is 7.85 Å². The molecule has 0 bridgehead atoms. The smallest absolute Gasteiger partial charge is 0.221 e. The number of nitrogens with zero attached hydrogens (tertiary/aromatic N) is 1. The molecule has 0 spiro atoms. The molecule has 2 aromatic heterocycles. The lowest BCUT2D eigenvalue weighted by Gasteiger charge is -1.97. The molecule has 2 heterocycles. The molecule has 3 aromatic rings. The van der Waals surface area contributed by atoms with Gasteiger partial charge in [-0.1, -0.05) is 18.2 Å². The molecule has 0 saturated carbocycles. The Hall–Kier alpha value is -1.97. The Kier molecular flexibility index (Phi) is 1.54. The summed E-state index contributed by atoms with van der Waals surface area (Å²) in [5.41, 5.74) is 3.03. The topological polar surface area (TPSA) is 48.9 Å². The van der Waals surface area contributed by atoms with E-state index in [0.29, 0.717) is 0 Å². The van der Waals surface area contributed by atoms with Crippen LogP contribution >= 0.6 is 0 Å². The van der Waals surface area contributed by atoms with Gasteiger partial charge in [0.2, 0.25) is 5.88 Å². The van der Waals surface area contributed by atoms with Gasteiger partial charge in [0, 0.05) is 22.6 Å². The average Bonchev–Trinajstić information content (AvgIpc) is 2.64. The van der Waals surface area contributed by atoms with Crippen molar-refractivity contribution in [1.29, 1.82) is 0 Å². The Bertz CT molecular complexity index is 660. The maximum absolute atomic E-state index is 9.75. The number of hydrogen-bond acceptors (Lipinski definition) is 2. The number of pyridine rings is 1. The summed E-state index contributed by atoms with van der Waals surface area (Å²) in [5, 5.41) is 11.6. The maximum atomic E-state index is 9.75. The molecule has 0 fully saturated rings. The van der Waals surface area contributed by atoms with E-state index >= 15 is 0 Å². The predicted molar refractivity (Wildman–Crippen MR) is 63.4 cm³/mol. The summed E-state index contributed by atoms with van der Waals surface area (Å²) in [6.07, 6.45) is 1.67. The lowest BCUT2D eigenvalue weighted by atomic mass is 9.96. The minimum absolute atomic E-state index is 0.0908. The molecule has 3 nitrogen and oxygen atoms in total. The zero-order chi connectivity index (χ0) is 10.4. The highest BCUT2D eigenvalue weighted by Gasteiger charge is 2.10. The third kappa shape index (κ3) is 1.05. The van der Waals surface area contributed by atoms with Crippen molar-refractivity contribution in [2.75, 3.05) is 0 Å². The second kappa shape index (κ2) is 2.76. The summed E-state index contributed by atoms with van der Waals surface area (Å²) >= 11 is 0. The van der Waals surface area contributed by atoms with Gasteiger partial charge < -0.3 is 10.1 Å². The van der Waals surface area contributed by atoms with Gasteiger partial charge in [0.05, 0.1) is 5.39 Å². The van der Waals surface area contributed by atoms with Crippen LogP contribution in [0.1, 0.15) is 0 Å². The van der Waals surface area contributed by atoms with Crippen LogP contribution in [0.3, 0.4) is 0 Å². The van der Waals surface area contributed by atoms with E-state index in [4.69, 9.17) is 0 Å². The number of rotatable bonds is 0. The molecule has 15 heavy (non-hydrogen) atoms. The van der Waals surface area contributed by atoms with Crippen LogP contribution in [0.4, 0.5) is 0 Å². The minimum Gasteiger partial charge on any atom is -0.493 e. The largest absolute Gasteiger partial charge is 0.493 e. The second-order valence-corrected chi connectivity index (χ2v) is 3.69. The Morgan fingerprint density at radius 3 is 2.93 bits per heavy atom. The molecule has 0 amide bonds. The van der Waals surface area contributed by atoms with Gasteiger partial charge in [-0.05, 0) is 11.5 Å². The number of benzene rings is 1. The van der Waals surface area contributed by atoms with Crippen molar-refractivity contribution in [3.8, 4) is 5.88 Å². The van der Waals surface area contributed by atoms with Crippen molar-refractivity contribution in [2.45, 2.75) is 0 Å². The average molecular weight is 196 g/mol. The number of aromatic hydroxyl groups is 1. The monoisotopic (exact) mass is 196 g/mol. The van der Waals surface area contributed by atoms with E-state index in [1.54, 1.807) is 6.20 Å². The molecular weight excluding hydrogens is 187 g/mol. The summed E-state index contributed by atoms with van der Waals surface area (Å²) in [6.45, 7) is 0. The first-order chi connectivity index (χ1) is 7.27. The van der Waals surface area contributed by atoms with Crippen molar-refractivity contribution in [3.63, 3.8) is 0 Å². The number of para-hydroxylation sites is 1. The molecular formula is C11H9BN2O. The van der Waals surface area contributed by atoms with Gasteiger partial charge >= 0.3 is 0 Å². The highest BCUT2D eigenvalue weighted by Crippen LogP contribution is 2.28. The standard InChI is InChI=1S/C11H9BN2O/c12-7-5-13-11(15)9-6-3-1-2-4-8(6)14-10(7)9/h1-5,14H,12H2,(H,13,15). The highest BCUT2D eigenvalue weighted by atomic mass is 16.3. The number of aromatic nitrogens is 2. The number of H-pyrrole nitrogens is 1. The van der Waals surface area contributed by atoms with Crippen LogP contribution in [-0.4, -0.2) is 22.9 Å². The van der Waals surface area contributed by atoms with Crippen LogP contribution < -0.4 is 5.46 Å². The van der Waals surface area contributed by atoms with E-state index in [2.05, 4.69) is 9.97 Å². The molecule has 72 valence electrons. The molecule has 0 radical (unpaired) electrons. The van der Waals surface area contributed by atoms with E-state index in [0.717, 1.165) is 27.3 Å².